The lowest BCUT2D eigenvalue weighted by atomic mass is 9.90. The lowest BCUT2D eigenvalue weighted by Gasteiger charge is -2.36. The fraction of sp³-hybridized carbons (Fsp3) is 0.900. The first-order chi connectivity index (χ1) is 8.00. The van der Waals surface area contributed by atoms with Gasteiger partial charge in [0.1, 0.15) is 0 Å². The number of carbonyl (C=O) groups is 1. The molecule has 0 aromatic carbocycles. The SMILES string of the molecule is O=C(O)N[C@@H]1CCCC[C@H]1N1CCCS1(=O)=O. The van der Waals surface area contributed by atoms with Gasteiger partial charge in [-0.15, -0.1) is 0 Å². The van der Waals surface area contributed by atoms with E-state index in [-0.39, 0.29) is 17.8 Å². The Balaban J connectivity index is 2.13. The van der Waals surface area contributed by atoms with Gasteiger partial charge in [-0.2, -0.15) is 4.31 Å². The number of nitrogens with one attached hydrogen (secondary N) is 1. The van der Waals surface area contributed by atoms with Gasteiger partial charge in [0.05, 0.1) is 5.75 Å². The third-order valence-corrected chi connectivity index (χ3v) is 5.52. The second-order valence-electron chi connectivity index (χ2n) is 4.69. The van der Waals surface area contributed by atoms with E-state index in [4.69, 9.17) is 5.11 Å². The van der Waals surface area contributed by atoms with E-state index in [0.29, 0.717) is 13.0 Å². The molecule has 0 unspecified atom stereocenters. The highest BCUT2D eigenvalue weighted by Gasteiger charge is 2.39. The van der Waals surface area contributed by atoms with Crippen molar-refractivity contribution in [3.8, 4) is 0 Å². The van der Waals surface area contributed by atoms with Crippen LogP contribution in [0.2, 0.25) is 0 Å². The van der Waals surface area contributed by atoms with Crippen LogP contribution in [0, 0.1) is 0 Å². The molecular formula is C10H18N2O4S. The predicted octanol–water partition coefficient (Wildman–Crippen LogP) is 0.601. The second-order valence-corrected chi connectivity index (χ2v) is 6.73. The van der Waals surface area contributed by atoms with Crippen molar-refractivity contribution in [3.05, 3.63) is 0 Å². The fourth-order valence-corrected chi connectivity index (χ4v) is 4.61. The third-order valence-electron chi connectivity index (χ3n) is 3.55. The van der Waals surface area contributed by atoms with Crippen molar-refractivity contribution in [2.75, 3.05) is 12.3 Å². The molecule has 2 fully saturated rings. The van der Waals surface area contributed by atoms with E-state index in [1.807, 2.05) is 0 Å². The molecule has 6 nitrogen and oxygen atoms in total. The summed E-state index contributed by atoms with van der Waals surface area (Å²) in [6.45, 7) is 0.533. The van der Waals surface area contributed by atoms with Gasteiger partial charge in [0.2, 0.25) is 10.0 Å². The molecule has 0 aromatic heterocycles. The van der Waals surface area contributed by atoms with Crippen LogP contribution < -0.4 is 5.32 Å². The number of amides is 1. The molecule has 98 valence electrons. The van der Waals surface area contributed by atoms with E-state index in [2.05, 4.69) is 5.32 Å². The third kappa shape index (κ3) is 2.71. The molecule has 1 saturated heterocycles. The average molecular weight is 262 g/mol. The van der Waals surface area contributed by atoms with Crippen LogP contribution in [-0.4, -0.2) is 48.3 Å². The molecule has 1 amide bonds. The minimum Gasteiger partial charge on any atom is -0.465 e. The Morgan fingerprint density at radius 2 is 1.94 bits per heavy atom. The van der Waals surface area contributed by atoms with E-state index in [1.165, 1.54) is 4.31 Å². The van der Waals surface area contributed by atoms with Crippen LogP contribution in [0.3, 0.4) is 0 Å². The molecular weight excluding hydrogens is 244 g/mol. The minimum absolute atomic E-state index is 0.188. The van der Waals surface area contributed by atoms with Crippen molar-refractivity contribution in [2.45, 2.75) is 44.2 Å². The van der Waals surface area contributed by atoms with Gasteiger partial charge in [0.15, 0.2) is 0 Å². The highest BCUT2D eigenvalue weighted by atomic mass is 32.2. The Bertz CT molecular complexity index is 395. The summed E-state index contributed by atoms with van der Waals surface area (Å²) in [5, 5.41) is 11.2. The monoisotopic (exact) mass is 262 g/mol. The van der Waals surface area contributed by atoms with E-state index < -0.39 is 16.1 Å². The van der Waals surface area contributed by atoms with Gasteiger partial charge in [-0.1, -0.05) is 12.8 Å². The number of carboxylic acid groups (broad SMARTS) is 1. The highest BCUT2D eigenvalue weighted by molar-refractivity contribution is 7.89. The van der Waals surface area contributed by atoms with Crippen molar-refractivity contribution in [3.63, 3.8) is 0 Å². The first-order valence-electron chi connectivity index (χ1n) is 6.00. The van der Waals surface area contributed by atoms with Gasteiger partial charge in [0.25, 0.3) is 0 Å². The second kappa shape index (κ2) is 4.81. The zero-order valence-corrected chi connectivity index (χ0v) is 10.4. The minimum atomic E-state index is -3.16. The van der Waals surface area contributed by atoms with Crippen LogP contribution in [-0.2, 0) is 10.0 Å². The van der Waals surface area contributed by atoms with Crippen molar-refractivity contribution in [1.29, 1.82) is 0 Å². The molecule has 0 bridgehead atoms. The highest BCUT2D eigenvalue weighted by Crippen LogP contribution is 2.28. The molecule has 2 rings (SSSR count). The van der Waals surface area contributed by atoms with Crippen LogP contribution in [0.5, 0.6) is 0 Å². The zero-order chi connectivity index (χ0) is 12.5. The van der Waals surface area contributed by atoms with Crippen LogP contribution in [0.1, 0.15) is 32.1 Å². The predicted molar refractivity (Wildman–Crippen MR) is 62.3 cm³/mol. The number of rotatable bonds is 2. The summed E-state index contributed by atoms with van der Waals surface area (Å²) in [5.74, 6) is 0.198. The summed E-state index contributed by atoms with van der Waals surface area (Å²) < 4.78 is 25.2. The summed E-state index contributed by atoms with van der Waals surface area (Å²) in [6.07, 6.45) is 2.98. The Kier molecular flexibility index (Phi) is 3.58. The average Bonchev–Trinajstić information content (AvgIpc) is 2.58. The summed E-state index contributed by atoms with van der Waals surface area (Å²) in [5.41, 5.74) is 0. The number of hydrogen-bond donors (Lipinski definition) is 2. The summed E-state index contributed by atoms with van der Waals surface area (Å²) in [7, 11) is -3.16. The van der Waals surface area contributed by atoms with Crippen LogP contribution in [0.4, 0.5) is 4.79 Å². The molecule has 1 aliphatic carbocycles. The maximum Gasteiger partial charge on any atom is 0.404 e. The van der Waals surface area contributed by atoms with E-state index in [9.17, 15) is 13.2 Å². The maximum absolute atomic E-state index is 11.8. The Hall–Kier alpha value is -0.820. The molecule has 0 radical (unpaired) electrons. The molecule has 1 aliphatic heterocycles. The normalized spacial score (nSPS) is 33.4. The Morgan fingerprint density at radius 1 is 1.24 bits per heavy atom. The summed E-state index contributed by atoms with van der Waals surface area (Å²) >= 11 is 0. The molecule has 7 heteroatoms. The van der Waals surface area contributed by atoms with Crippen LogP contribution >= 0.6 is 0 Å². The fourth-order valence-electron chi connectivity index (χ4n) is 2.81. The lowest BCUT2D eigenvalue weighted by molar-refractivity contribution is 0.165. The van der Waals surface area contributed by atoms with E-state index >= 15 is 0 Å². The van der Waals surface area contributed by atoms with Gasteiger partial charge < -0.3 is 10.4 Å². The van der Waals surface area contributed by atoms with Crippen molar-refractivity contribution < 1.29 is 18.3 Å². The molecule has 17 heavy (non-hydrogen) atoms. The maximum atomic E-state index is 11.8. The van der Waals surface area contributed by atoms with Gasteiger partial charge in [-0.3, -0.25) is 0 Å². The number of sulfonamides is 1. The molecule has 0 aromatic rings. The first kappa shape index (κ1) is 12.6. The van der Waals surface area contributed by atoms with Gasteiger partial charge in [0, 0.05) is 18.6 Å². The summed E-state index contributed by atoms with van der Waals surface area (Å²) in [6, 6.07) is -0.443. The van der Waals surface area contributed by atoms with Crippen molar-refractivity contribution in [2.24, 2.45) is 0 Å². The van der Waals surface area contributed by atoms with Crippen LogP contribution in [0.25, 0.3) is 0 Å². The van der Waals surface area contributed by atoms with Gasteiger partial charge in [-0.05, 0) is 19.3 Å². The molecule has 2 aliphatic rings. The van der Waals surface area contributed by atoms with Crippen molar-refractivity contribution >= 4 is 16.1 Å². The smallest absolute Gasteiger partial charge is 0.404 e. The Morgan fingerprint density at radius 3 is 2.53 bits per heavy atom. The number of nitrogens with zero attached hydrogens (tertiary/aromatic N) is 1. The number of hydrogen-bond acceptors (Lipinski definition) is 3. The molecule has 1 saturated carbocycles. The molecule has 2 atom stereocenters. The first-order valence-corrected chi connectivity index (χ1v) is 7.60. The molecule has 1 heterocycles. The van der Waals surface area contributed by atoms with Crippen LogP contribution in [0.15, 0.2) is 0 Å². The standard InChI is InChI=1S/C10H18N2O4S/c13-10(14)11-8-4-1-2-5-9(8)12-6-3-7-17(12,15)16/h8-9,11H,1-7H2,(H,13,14)/t8-,9-/m1/s1. The lowest BCUT2D eigenvalue weighted by Crippen LogP contribution is -2.53. The quantitative estimate of drug-likeness (QED) is 0.763. The van der Waals surface area contributed by atoms with Gasteiger partial charge in [-0.25, -0.2) is 13.2 Å². The summed E-state index contributed by atoms with van der Waals surface area (Å²) in [4.78, 5) is 10.7. The van der Waals surface area contributed by atoms with Crippen molar-refractivity contribution in [1.82, 2.24) is 9.62 Å². The zero-order valence-electron chi connectivity index (χ0n) is 9.63. The Labute approximate surface area is 101 Å². The van der Waals surface area contributed by atoms with E-state index in [0.717, 1.165) is 25.7 Å². The van der Waals surface area contributed by atoms with Gasteiger partial charge >= 0.3 is 6.09 Å². The molecule has 2 N–H and O–H groups in total. The largest absolute Gasteiger partial charge is 0.465 e. The topological polar surface area (TPSA) is 86.7 Å². The van der Waals surface area contributed by atoms with E-state index in [1.54, 1.807) is 0 Å². The molecule has 0 spiro atoms.